The fourth-order valence-electron chi connectivity index (χ4n) is 3.53. The van der Waals surface area contributed by atoms with Gasteiger partial charge in [0.15, 0.2) is 0 Å². The van der Waals surface area contributed by atoms with Gasteiger partial charge in [0.1, 0.15) is 0 Å². The summed E-state index contributed by atoms with van der Waals surface area (Å²) < 4.78 is 0. The molecule has 0 spiro atoms. The largest absolute Gasteiger partial charge is 0.305 e. The summed E-state index contributed by atoms with van der Waals surface area (Å²) in [6.45, 7) is 13.0. The summed E-state index contributed by atoms with van der Waals surface area (Å²) in [4.78, 5) is 2.70. The second kappa shape index (κ2) is 4.85. The zero-order valence-electron chi connectivity index (χ0n) is 13.3. The summed E-state index contributed by atoms with van der Waals surface area (Å²) in [6.07, 6.45) is 1.39. The molecule has 3 rings (SSSR count). The molecule has 1 aliphatic heterocycles. The van der Waals surface area contributed by atoms with E-state index < -0.39 is 0 Å². The second-order valence-electron chi connectivity index (χ2n) is 7.75. The average molecular weight is 272 g/mol. The molecule has 1 saturated carbocycles. The van der Waals surface area contributed by atoms with E-state index in [0.717, 1.165) is 19.0 Å². The van der Waals surface area contributed by atoms with Gasteiger partial charge in [-0.1, -0.05) is 44.2 Å². The minimum absolute atomic E-state index is 0.0901. The van der Waals surface area contributed by atoms with Crippen molar-refractivity contribution in [1.29, 1.82) is 0 Å². The topological polar surface area (TPSA) is 15.3 Å². The monoisotopic (exact) mass is 272 g/mol. The summed E-state index contributed by atoms with van der Waals surface area (Å²) in [5.74, 6) is 0.892. The van der Waals surface area contributed by atoms with Crippen molar-refractivity contribution in [2.45, 2.75) is 45.7 Å². The van der Waals surface area contributed by atoms with Gasteiger partial charge >= 0.3 is 0 Å². The lowest BCUT2D eigenvalue weighted by atomic mass is 9.88. The quantitative estimate of drug-likeness (QED) is 0.908. The SMILES string of the molecule is CC1CNC(C)(c2ccccc2)CN1CC1CC1(C)C. The first kappa shape index (κ1) is 14.1. The van der Waals surface area contributed by atoms with Crippen molar-refractivity contribution < 1.29 is 0 Å². The smallest absolute Gasteiger partial charge is 0.0535 e. The lowest BCUT2D eigenvalue weighted by molar-refractivity contribution is 0.0866. The maximum atomic E-state index is 3.76. The maximum Gasteiger partial charge on any atom is 0.0535 e. The van der Waals surface area contributed by atoms with E-state index >= 15 is 0 Å². The number of hydrogen-bond donors (Lipinski definition) is 1. The van der Waals surface area contributed by atoms with Crippen LogP contribution in [0, 0.1) is 11.3 Å². The molecule has 1 heterocycles. The van der Waals surface area contributed by atoms with Gasteiger partial charge in [-0.25, -0.2) is 0 Å². The second-order valence-corrected chi connectivity index (χ2v) is 7.75. The lowest BCUT2D eigenvalue weighted by Gasteiger charge is -2.46. The van der Waals surface area contributed by atoms with E-state index in [1.807, 2.05) is 0 Å². The Morgan fingerprint density at radius 2 is 1.85 bits per heavy atom. The summed E-state index contributed by atoms with van der Waals surface area (Å²) in [6, 6.07) is 11.5. The zero-order chi connectivity index (χ0) is 14.4. The van der Waals surface area contributed by atoms with E-state index in [4.69, 9.17) is 0 Å². The summed E-state index contributed by atoms with van der Waals surface area (Å²) in [5.41, 5.74) is 2.08. The molecule has 2 fully saturated rings. The molecule has 3 atom stereocenters. The van der Waals surface area contributed by atoms with Crippen LogP contribution in [0.3, 0.4) is 0 Å². The Bertz CT molecular complexity index is 468. The first-order chi connectivity index (χ1) is 9.41. The Kier molecular flexibility index (Phi) is 3.42. The Balaban J connectivity index is 1.72. The molecule has 2 heteroatoms. The fraction of sp³-hybridized carbons (Fsp3) is 0.667. The van der Waals surface area contributed by atoms with Gasteiger partial charge in [0, 0.05) is 25.7 Å². The number of hydrogen-bond acceptors (Lipinski definition) is 2. The van der Waals surface area contributed by atoms with Crippen LogP contribution in [-0.2, 0) is 5.54 Å². The predicted octanol–water partition coefficient (Wildman–Crippen LogP) is 3.24. The van der Waals surface area contributed by atoms with Gasteiger partial charge in [-0.15, -0.1) is 0 Å². The molecule has 0 amide bonds. The molecule has 3 unspecified atom stereocenters. The first-order valence-corrected chi connectivity index (χ1v) is 7.95. The molecule has 2 aliphatic rings. The van der Waals surface area contributed by atoms with Crippen molar-refractivity contribution in [3.63, 3.8) is 0 Å². The van der Waals surface area contributed by atoms with Crippen molar-refractivity contribution in [3.8, 4) is 0 Å². The van der Waals surface area contributed by atoms with E-state index in [1.165, 1.54) is 18.5 Å². The van der Waals surface area contributed by atoms with Crippen molar-refractivity contribution in [2.75, 3.05) is 19.6 Å². The normalized spacial score (nSPS) is 36.8. The number of benzene rings is 1. The summed E-state index contributed by atoms with van der Waals surface area (Å²) in [5, 5.41) is 3.76. The maximum absolute atomic E-state index is 3.76. The molecule has 1 saturated heterocycles. The van der Waals surface area contributed by atoms with E-state index in [1.54, 1.807) is 0 Å². The van der Waals surface area contributed by atoms with Crippen LogP contribution >= 0.6 is 0 Å². The molecular formula is C18H28N2. The molecular weight excluding hydrogens is 244 g/mol. The molecule has 1 N–H and O–H groups in total. The van der Waals surface area contributed by atoms with Gasteiger partial charge < -0.3 is 5.32 Å². The predicted molar refractivity (Wildman–Crippen MR) is 84.7 cm³/mol. The van der Waals surface area contributed by atoms with Crippen LogP contribution in [0.5, 0.6) is 0 Å². The van der Waals surface area contributed by atoms with Crippen LogP contribution in [0.2, 0.25) is 0 Å². The molecule has 110 valence electrons. The molecule has 2 nitrogen and oxygen atoms in total. The number of rotatable bonds is 3. The third kappa shape index (κ3) is 2.64. The van der Waals surface area contributed by atoms with E-state index in [9.17, 15) is 0 Å². The highest BCUT2D eigenvalue weighted by Crippen LogP contribution is 2.52. The van der Waals surface area contributed by atoms with Crippen LogP contribution in [-0.4, -0.2) is 30.6 Å². The highest BCUT2D eigenvalue weighted by molar-refractivity contribution is 5.25. The van der Waals surface area contributed by atoms with Gasteiger partial charge in [0.05, 0.1) is 5.54 Å². The van der Waals surface area contributed by atoms with E-state index in [2.05, 4.69) is 68.2 Å². The Labute approximate surface area is 123 Å². The van der Waals surface area contributed by atoms with E-state index in [-0.39, 0.29) is 5.54 Å². The number of nitrogens with one attached hydrogen (secondary N) is 1. The van der Waals surface area contributed by atoms with Gasteiger partial charge in [0.25, 0.3) is 0 Å². The minimum atomic E-state index is 0.0901. The Morgan fingerprint density at radius 3 is 2.45 bits per heavy atom. The van der Waals surface area contributed by atoms with Crippen LogP contribution in [0.1, 0.15) is 39.7 Å². The third-order valence-electron chi connectivity index (χ3n) is 5.51. The highest BCUT2D eigenvalue weighted by atomic mass is 15.3. The number of nitrogens with zero attached hydrogens (tertiary/aromatic N) is 1. The minimum Gasteiger partial charge on any atom is -0.305 e. The van der Waals surface area contributed by atoms with Gasteiger partial charge in [-0.2, -0.15) is 0 Å². The molecule has 0 aromatic heterocycles. The van der Waals surface area contributed by atoms with Crippen molar-refractivity contribution in [1.82, 2.24) is 10.2 Å². The lowest BCUT2D eigenvalue weighted by Crippen LogP contribution is -2.60. The zero-order valence-corrected chi connectivity index (χ0v) is 13.3. The molecule has 20 heavy (non-hydrogen) atoms. The van der Waals surface area contributed by atoms with E-state index in [0.29, 0.717) is 11.5 Å². The van der Waals surface area contributed by atoms with Gasteiger partial charge in [-0.3, -0.25) is 4.90 Å². The molecule has 0 radical (unpaired) electrons. The summed E-state index contributed by atoms with van der Waals surface area (Å²) >= 11 is 0. The van der Waals surface area contributed by atoms with Crippen molar-refractivity contribution in [3.05, 3.63) is 35.9 Å². The fourth-order valence-corrected chi connectivity index (χ4v) is 3.53. The Hall–Kier alpha value is -0.860. The average Bonchev–Trinajstić information content (AvgIpc) is 3.02. The van der Waals surface area contributed by atoms with Gasteiger partial charge in [-0.05, 0) is 37.2 Å². The highest BCUT2D eigenvalue weighted by Gasteiger charge is 2.47. The molecule has 1 aromatic rings. The molecule has 0 bridgehead atoms. The van der Waals surface area contributed by atoms with Gasteiger partial charge in [0.2, 0.25) is 0 Å². The van der Waals surface area contributed by atoms with Crippen LogP contribution < -0.4 is 5.32 Å². The molecule has 1 aromatic carbocycles. The molecule has 1 aliphatic carbocycles. The van der Waals surface area contributed by atoms with Crippen LogP contribution in [0.15, 0.2) is 30.3 Å². The van der Waals surface area contributed by atoms with Crippen LogP contribution in [0.4, 0.5) is 0 Å². The summed E-state index contributed by atoms with van der Waals surface area (Å²) in [7, 11) is 0. The van der Waals surface area contributed by atoms with Crippen LogP contribution in [0.25, 0.3) is 0 Å². The number of piperazine rings is 1. The standard InChI is InChI=1S/C18H28N2/c1-14-11-19-18(4,15-8-6-5-7-9-15)13-20(14)12-16-10-17(16,2)3/h5-9,14,16,19H,10-13H2,1-4H3. The van der Waals surface area contributed by atoms with Crippen molar-refractivity contribution >= 4 is 0 Å². The van der Waals surface area contributed by atoms with Crippen molar-refractivity contribution in [2.24, 2.45) is 11.3 Å². The Morgan fingerprint density at radius 1 is 1.20 bits per heavy atom. The first-order valence-electron chi connectivity index (χ1n) is 7.95. The third-order valence-corrected chi connectivity index (χ3v) is 5.51.